The van der Waals surface area contributed by atoms with Crippen LogP contribution in [0.4, 0.5) is 0 Å². The first-order chi connectivity index (χ1) is 13.5. The molecule has 2 heterocycles. The highest BCUT2D eigenvalue weighted by Gasteiger charge is 2.41. The fourth-order valence-electron chi connectivity index (χ4n) is 3.41. The smallest absolute Gasteiger partial charge is 0.257 e. The Hall–Kier alpha value is -2.09. The minimum atomic E-state index is -0.641. The molecule has 2 aromatic carbocycles. The van der Waals surface area contributed by atoms with Crippen LogP contribution in [-0.2, 0) is 4.84 Å². The summed E-state index contributed by atoms with van der Waals surface area (Å²) in [5.74, 6) is 1.13. The molecule has 2 aliphatic rings. The van der Waals surface area contributed by atoms with Gasteiger partial charge in [0.05, 0.1) is 12.7 Å². The molecule has 0 aliphatic carbocycles. The van der Waals surface area contributed by atoms with E-state index in [9.17, 15) is 4.79 Å². The van der Waals surface area contributed by atoms with Crippen LogP contribution in [0, 0.1) is 0 Å². The lowest BCUT2D eigenvalue weighted by atomic mass is 10.00. The maximum absolute atomic E-state index is 12.9. The van der Waals surface area contributed by atoms with Gasteiger partial charge in [-0.3, -0.25) is 4.79 Å². The first kappa shape index (κ1) is 19.2. The third-order valence-electron chi connectivity index (χ3n) is 4.99. The summed E-state index contributed by atoms with van der Waals surface area (Å²) in [6.07, 6.45) is 1.21. The normalized spacial score (nSPS) is 18.0. The molecule has 8 heteroatoms. The predicted molar refractivity (Wildman–Crippen MR) is 111 cm³/mol. The van der Waals surface area contributed by atoms with Crippen molar-refractivity contribution in [3.63, 3.8) is 0 Å². The van der Waals surface area contributed by atoms with Gasteiger partial charge in [-0.05, 0) is 30.3 Å². The number of hydrogen-bond acceptors (Lipinski definition) is 5. The number of methoxy groups -OCH3 is 1. The molecule has 0 aromatic heterocycles. The van der Waals surface area contributed by atoms with Crippen LogP contribution in [0.2, 0.25) is 5.02 Å². The lowest BCUT2D eigenvalue weighted by Crippen LogP contribution is -2.46. The number of piperidine rings is 1. The fourth-order valence-corrected chi connectivity index (χ4v) is 3.85. The van der Waals surface area contributed by atoms with Gasteiger partial charge in [0.15, 0.2) is 11.6 Å². The first-order valence-corrected chi connectivity index (χ1v) is 10.1. The molecule has 0 bridgehead atoms. The monoisotopic (exact) mass is 463 g/mol. The van der Waals surface area contributed by atoms with E-state index in [1.165, 1.54) is 0 Å². The van der Waals surface area contributed by atoms with E-state index in [1.54, 1.807) is 30.2 Å². The van der Waals surface area contributed by atoms with E-state index in [0.29, 0.717) is 48.1 Å². The maximum atomic E-state index is 12.9. The summed E-state index contributed by atoms with van der Waals surface area (Å²) >= 11 is 9.50. The molecular formula is C20H19BrClN3O3. The van der Waals surface area contributed by atoms with Crippen LogP contribution in [0.25, 0.3) is 0 Å². The molecule has 0 radical (unpaired) electrons. The second-order valence-electron chi connectivity index (χ2n) is 6.75. The van der Waals surface area contributed by atoms with Crippen molar-refractivity contribution in [1.82, 2.24) is 10.4 Å². The van der Waals surface area contributed by atoms with Crippen LogP contribution in [0.5, 0.6) is 5.75 Å². The average molecular weight is 465 g/mol. The van der Waals surface area contributed by atoms with E-state index in [1.807, 2.05) is 24.3 Å². The molecule has 6 nitrogen and oxygen atoms in total. The van der Waals surface area contributed by atoms with Crippen LogP contribution in [0.3, 0.4) is 0 Å². The molecule has 1 N–H and O–H groups in total. The first-order valence-electron chi connectivity index (χ1n) is 8.92. The zero-order valence-corrected chi connectivity index (χ0v) is 17.6. The van der Waals surface area contributed by atoms with E-state index >= 15 is 0 Å². The molecule has 1 amide bonds. The van der Waals surface area contributed by atoms with Gasteiger partial charge in [-0.25, -0.2) is 15.3 Å². The Balaban J connectivity index is 1.47. The van der Waals surface area contributed by atoms with Crippen molar-refractivity contribution in [2.75, 3.05) is 20.2 Å². The van der Waals surface area contributed by atoms with Gasteiger partial charge in [0.1, 0.15) is 5.75 Å². The van der Waals surface area contributed by atoms with Crippen LogP contribution < -0.4 is 10.2 Å². The minimum absolute atomic E-state index is 0.0998. The molecule has 0 saturated carbocycles. The summed E-state index contributed by atoms with van der Waals surface area (Å²) in [5, 5.41) is 0.504. The average Bonchev–Trinajstić information content (AvgIpc) is 3.12. The molecule has 1 spiro atoms. The molecule has 1 fully saturated rings. The highest BCUT2D eigenvalue weighted by molar-refractivity contribution is 9.10. The second kappa shape index (κ2) is 7.73. The number of likely N-dealkylation sites (tertiary alicyclic amines) is 1. The number of benzene rings is 2. The van der Waals surface area contributed by atoms with Crippen molar-refractivity contribution < 1.29 is 14.4 Å². The largest absolute Gasteiger partial charge is 0.496 e. The number of carbonyl (C=O) groups is 1. The van der Waals surface area contributed by atoms with Gasteiger partial charge in [-0.15, -0.1) is 0 Å². The van der Waals surface area contributed by atoms with E-state index in [-0.39, 0.29) is 5.91 Å². The number of amidine groups is 1. The SMILES string of the molecule is COc1ccc(Cl)cc1C(=O)N1CCC2(CC1)N=C(c1ccc(Br)cc1)NO2. The van der Waals surface area contributed by atoms with Crippen molar-refractivity contribution in [3.8, 4) is 5.75 Å². The summed E-state index contributed by atoms with van der Waals surface area (Å²) < 4.78 is 6.32. The van der Waals surface area contributed by atoms with Gasteiger partial charge >= 0.3 is 0 Å². The summed E-state index contributed by atoms with van der Waals surface area (Å²) in [6.45, 7) is 1.07. The fraction of sp³-hybridized carbons (Fsp3) is 0.300. The van der Waals surface area contributed by atoms with Gasteiger partial charge in [-0.1, -0.05) is 39.7 Å². The number of ether oxygens (including phenoxy) is 1. The van der Waals surface area contributed by atoms with Gasteiger partial charge in [-0.2, -0.15) is 0 Å². The van der Waals surface area contributed by atoms with Crippen LogP contribution in [0.1, 0.15) is 28.8 Å². The van der Waals surface area contributed by atoms with Gasteiger partial charge < -0.3 is 9.64 Å². The highest BCUT2D eigenvalue weighted by Crippen LogP contribution is 2.33. The Morgan fingerprint density at radius 3 is 2.64 bits per heavy atom. The summed E-state index contributed by atoms with van der Waals surface area (Å²) in [4.78, 5) is 25.3. The quantitative estimate of drug-likeness (QED) is 0.745. The predicted octanol–water partition coefficient (Wildman–Crippen LogP) is 4.03. The molecule has 0 atom stereocenters. The second-order valence-corrected chi connectivity index (χ2v) is 8.11. The van der Waals surface area contributed by atoms with Crippen molar-refractivity contribution in [2.24, 2.45) is 4.99 Å². The van der Waals surface area contributed by atoms with Crippen molar-refractivity contribution in [1.29, 1.82) is 0 Å². The number of halogens is 2. The Morgan fingerprint density at radius 2 is 1.96 bits per heavy atom. The van der Waals surface area contributed by atoms with Crippen molar-refractivity contribution in [2.45, 2.75) is 18.6 Å². The molecule has 28 heavy (non-hydrogen) atoms. The Kier molecular flexibility index (Phi) is 5.31. The lowest BCUT2D eigenvalue weighted by molar-refractivity contribution is -0.0849. The number of carbonyl (C=O) groups excluding carboxylic acids is 1. The number of amides is 1. The summed E-state index contributed by atoms with van der Waals surface area (Å²) in [7, 11) is 1.54. The molecule has 2 aromatic rings. The van der Waals surface area contributed by atoms with Crippen molar-refractivity contribution >= 4 is 39.3 Å². The maximum Gasteiger partial charge on any atom is 0.257 e. The Labute approximate surface area is 176 Å². The Bertz CT molecular complexity index is 925. The van der Waals surface area contributed by atoms with Gasteiger partial charge in [0.25, 0.3) is 5.91 Å². The molecule has 4 rings (SSSR count). The number of rotatable bonds is 3. The highest BCUT2D eigenvalue weighted by atomic mass is 79.9. The standard InChI is InChI=1S/C20H19BrClN3O3/c1-27-17-7-6-15(22)12-16(17)19(26)25-10-8-20(9-11-25)23-18(24-28-20)13-2-4-14(21)5-3-13/h2-7,12H,8-11H2,1H3,(H,23,24). The third-order valence-corrected chi connectivity index (χ3v) is 5.76. The number of nitrogens with zero attached hydrogens (tertiary/aromatic N) is 2. The molecule has 146 valence electrons. The molecule has 2 aliphatic heterocycles. The van der Waals surface area contributed by atoms with Crippen LogP contribution in [0.15, 0.2) is 51.9 Å². The molecule has 1 saturated heterocycles. The summed E-state index contributed by atoms with van der Waals surface area (Å²) in [5.41, 5.74) is 3.74. The molecular weight excluding hydrogens is 446 g/mol. The van der Waals surface area contributed by atoms with Crippen molar-refractivity contribution in [3.05, 3.63) is 63.1 Å². The zero-order valence-electron chi connectivity index (χ0n) is 15.2. The lowest BCUT2D eigenvalue weighted by Gasteiger charge is -2.35. The number of nitrogens with one attached hydrogen (secondary N) is 1. The number of aliphatic imine (C=N–C) groups is 1. The van der Waals surface area contributed by atoms with Gasteiger partial charge in [0.2, 0.25) is 0 Å². The van der Waals surface area contributed by atoms with E-state index < -0.39 is 5.72 Å². The summed E-state index contributed by atoms with van der Waals surface area (Å²) in [6, 6.07) is 12.9. The van der Waals surface area contributed by atoms with E-state index in [2.05, 4.69) is 21.4 Å². The number of hydroxylamine groups is 1. The molecule has 0 unspecified atom stereocenters. The third kappa shape index (κ3) is 3.74. The Morgan fingerprint density at radius 1 is 1.25 bits per heavy atom. The topological polar surface area (TPSA) is 63.2 Å². The zero-order chi connectivity index (χ0) is 19.7. The van der Waals surface area contributed by atoms with E-state index in [0.717, 1.165) is 10.0 Å². The number of hydrogen-bond donors (Lipinski definition) is 1. The van der Waals surface area contributed by atoms with E-state index in [4.69, 9.17) is 26.2 Å². The minimum Gasteiger partial charge on any atom is -0.496 e. The van der Waals surface area contributed by atoms with Crippen LogP contribution >= 0.6 is 27.5 Å². The van der Waals surface area contributed by atoms with Gasteiger partial charge in [0, 0.05) is 41.0 Å². The van der Waals surface area contributed by atoms with Crippen LogP contribution in [-0.4, -0.2) is 42.6 Å².